The zero-order valence-corrected chi connectivity index (χ0v) is 15.3. The molecule has 1 atom stereocenters. The lowest BCUT2D eigenvalue weighted by molar-refractivity contribution is -0.123. The summed E-state index contributed by atoms with van der Waals surface area (Å²) >= 11 is 0. The van der Waals surface area contributed by atoms with Crippen molar-refractivity contribution < 1.29 is 19.1 Å². The maximum Gasteiger partial charge on any atom is 0.339 e. The minimum absolute atomic E-state index is 0.352. The van der Waals surface area contributed by atoms with Gasteiger partial charge in [0.15, 0.2) is 6.10 Å². The second kappa shape index (κ2) is 7.60. The zero-order chi connectivity index (χ0) is 18.7. The van der Waals surface area contributed by atoms with Gasteiger partial charge in [-0.2, -0.15) is 0 Å². The Bertz CT molecular complexity index is 844. The molecule has 0 unspecified atom stereocenters. The number of hydrogen-bond acceptors (Lipinski definition) is 4. The average Bonchev–Trinajstić information content (AvgIpc) is 3.09. The molecule has 1 aliphatic carbocycles. The monoisotopic (exact) mass is 353 g/mol. The van der Waals surface area contributed by atoms with Gasteiger partial charge in [-0.05, 0) is 74.1 Å². The van der Waals surface area contributed by atoms with E-state index in [-0.39, 0.29) is 5.91 Å². The second-order valence-corrected chi connectivity index (χ2v) is 6.56. The Morgan fingerprint density at radius 2 is 1.85 bits per heavy atom. The van der Waals surface area contributed by atoms with Crippen molar-refractivity contribution in [2.24, 2.45) is 0 Å². The second-order valence-electron chi connectivity index (χ2n) is 6.56. The lowest BCUT2D eigenvalue weighted by Gasteiger charge is -2.15. The number of hydrogen-bond donors (Lipinski definition) is 1. The summed E-state index contributed by atoms with van der Waals surface area (Å²) in [5, 5.41) is 2.82. The minimum atomic E-state index is -0.900. The number of methoxy groups -OCH3 is 1. The van der Waals surface area contributed by atoms with Crippen molar-refractivity contribution in [2.75, 3.05) is 12.4 Å². The minimum Gasteiger partial charge on any atom is -0.496 e. The molecular weight excluding hydrogens is 330 g/mol. The summed E-state index contributed by atoms with van der Waals surface area (Å²) in [4.78, 5) is 24.6. The van der Waals surface area contributed by atoms with Crippen LogP contribution in [0.25, 0.3) is 0 Å². The molecule has 1 N–H and O–H groups in total. The smallest absolute Gasteiger partial charge is 0.339 e. The molecule has 0 aromatic heterocycles. The van der Waals surface area contributed by atoms with E-state index < -0.39 is 12.1 Å². The number of carbonyl (C=O) groups excluding carboxylic acids is 2. The fraction of sp³-hybridized carbons (Fsp3) is 0.333. The Labute approximate surface area is 153 Å². The van der Waals surface area contributed by atoms with Crippen molar-refractivity contribution in [1.82, 2.24) is 0 Å². The van der Waals surface area contributed by atoms with E-state index >= 15 is 0 Å². The molecule has 2 aromatic rings. The molecular formula is C21H23NO4. The van der Waals surface area contributed by atoms with Gasteiger partial charge >= 0.3 is 5.97 Å². The molecule has 0 saturated heterocycles. The number of esters is 1. The van der Waals surface area contributed by atoms with Gasteiger partial charge in [0.05, 0.1) is 12.7 Å². The number of ether oxygens (including phenoxy) is 2. The van der Waals surface area contributed by atoms with E-state index in [2.05, 4.69) is 5.32 Å². The van der Waals surface area contributed by atoms with Gasteiger partial charge in [0, 0.05) is 5.69 Å². The molecule has 5 nitrogen and oxygen atoms in total. The third-order valence-corrected chi connectivity index (χ3v) is 4.66. The molecule has 0 radical (unpaired) electrons. The van der Waals surface area contributed by atoms with E-state index in [9.17, 15) is 9.59 Å². The van der Waals surface area contributed by atoms with Crippen LogP contribution in [0, 0.1) is 6.92 Å². The number of fused-ring (bicyclic) bond motifs is 1. The first-order valence-corrected chi connectivity index (χ1v) is 8.76. The quantitative estimate of drug-likeness (QED) is 0.833. The third kappa shape index (κ3) is 3.87. The van der Waals surface area contributed by atoms with Crippen LogP contribution in [0.4, 0.5) is 5.69 Å². The highest BCUT2D eigenvalue weighted by molar-refractivity contribution is 5.97. The summed E-state index contributed by atoms with van der Waals surface area (Å²) in [6.45, 7) is 3.45. The highest BCUT2D eigenvalue weighted by Gasteiger charge is 2.20. The SMILES string of the molecule is COc1cc(C(=O)O[C@@H](C)C(=O)Nc2ccc3c(c2)CCC3)ccc1C. The summed E-state index contributed by atoms with van der Waals surface area (Å²) in [7, 11) is 1.55. The maximum absolute atomic E-state index is 12.3. The van der Waals surface area contributed by atoms with E-state index in [0.717, 1.165) is 30.5 Å². The highest BCUT2D eigenvalue weighted by atomic mass is 16.5. The van der Waals surface area contributed by atoms with Gasteiger partial charge in [0.25, 0.3) is 5.91 Å². The van der Waals surface area contributed by atoms with Crippen molar-refractivity contribution in [3.05, 3.63) is 58.7 Å². The molecule has 5 heteroatoms. The van der Waals surface area contributed by atoms with Gasteiger partial charge in [-0.3, -0.25) is 4.79 Å². The predicted molar refractivity (Wildman–Crippen MR) is 99.7 cm³/mol. The van der Waals surface area contributed by atoms with E-state index in [1.165, 1.54) is 11.1 Å². The first-order chi connectivity index (χ1) is 12.5. The standard InChI is InChI=1S/C21H23NO4/c1-13-7-8-17(12-19(13)25-3)21(24)26-14(2)20(23)22-18-10-9-15-5-4-6-16(15)11-18/h7-12,14H,4-6H2,1-3H3,(H,22,23)/t14-/m0/s1. The molecule has 1 aliphatic rings. The first kappa shape index (κ1) is 18.0. The molecule has 3 rings (SSSR count). The van der Waals surface area contributed by atoms with E-state index in [1.807, 2.05) is 25.1 Å². The molecule has 2 aromatic carbocycles. The molecule has 0 aliphatic heterocycles. The molecule has 26 heavy (non-hydrogen) atoms. The molecule has 136 valence electrons. The fourth-order valence-corrected chi connectivity index (χ4v) is 3.12. The van der Waals surface area contributed by atoms with Gasteiger partial charge < -0.3 is 14.8 Å². The Balaban J connectivity index is 1.62. The number of benzene rings is 2. The maximum atomic E-state index is 12.3. The molecule has 1 amide bonds. The van der Waals surface area contributed by atoms with Gasteiger partial charge in [0.1, 0.15) is 5.75 Å². The molecule has 0 saturated carbocycles. The van der Waals surface area contributed by atoms with Crippen LogP contribution in [0.15, 0.2) is 36.4 Å². The van der Waals surface area contributed by atoms with Gasteiger partial charge in [-0.15, -0.1) is 0 Å². The van der Waals surface area contributed by atoms with Crippen molar-refractivity contribution >= 4 is 17.6 Å². The summed E-state index contributed by atoms with van der Waals surface area (Å²) in [5.74, 6) is -0.301. The summed E-state index contributed by atoms with van der Waals surface area (Å²) in [6.07, 6.45) is 2.39. The number of amides is 1. The van der Waals surface area contributed by atoms with Crippen molar-refractivity contribution in [3.8, 4) is 5.75 Å². The van der Waals surface area contributed by atoms with Crippen LogP contribution in [0.5, 0.6) is 5.75 Å². The van der Waals surface area contributed by atoms with Crippen LogP contribution in [0.3, 0.4) is 0 Å². The van der Waals surface area contributed by atoms with E-state index in [1.54, 1.807) is 32.2 Å². The summed E-state index contributed by atoms with van der Waals surface area (Å²) in [6, 6.07) is 11.0. The van der Waals surface area contributed by atoms with Crippen LogP contribution >= 0.6 is 0 Å². The van der Waals surface area contributed by atoms with Gasteiger partial charge in [-0.25, -0.2) is 4.79 Å². The van der Waals surface area contributed by atoms with Crippen LogP contribution in [-0.4, -0.2) is 25.1 Å². The fourth-order valence-electron chi connectivity index (χ4n) is 3.12. The Hall–Kier alpha value is -2.82. The third-order valence-electron chi connectivity index (χ3n) is 4.66. The zero-order valence-electron chi connectivity index (χ0n) is 15.3. The van der Waals surface area contributed by atoms with E-state index in [4.69, 9.17) is 9.47 Å². The Morgan fingerprint density at radius 3 is 2.62 bits per heavy atom. The Kier molecular flexibility index (Phi) is 5.26. The van der Waals surface area contributed by atoms with Crippen molar-refractivity contribution in [1.29, 1.82) is 0 Å². The van der Waals surface area contributed by atoms with Crippen LogP contribution in [0.2, 0.25) is 0 Å². The predicted octanol–water partition coefficient (Wildman–Crippen LogP) is 3.68. The topological polar surface area (TPSA) is 64.6 Å². The Morgan fingerprint density at radius 1 is 1.08 bits per heavy atom. The lowest BCUT2D eigenvalue weighted by atomic mass is 10.1. The van der Waals surface area contributed by atoms with Gasteiger partial charge in [-0.1, -0.05) is 12.1 Å². The van der Waals surface area contributed by atoms with Crippen LogP contribution < -0.4 is 10.1 Å². The number of rotatable bonds is 5. The largest absolute Gasteiger partial charge is 0.496 e. The number of anilines is 1. The number of aryl methyl sites for hydroxylation is 3. The average molecular weight is 353 g/mol. The van der Waals surface area contributed by atoms with Crippen LogP contribution in [-0.2, 0) is 22.4 Å². The molecule has 0 heterocycles. The lowest BCUT2D eigenvalue weighted by Crippen LogP contribution is -2.30. The molecule has 0 bridgehead atoms. The first-order valence-electron chi connectivity index (χ1n) is 8.76. The summed E-state index contributed by atoms with van der Waals surface area (Å²) in [5.41, 5.74) is 4.63. The summed E-state index contributed by atoms with van der Waals surface area (Å²) < 4.78 is 10.5. The number of carbonyl (C=O) groups is 2. The van der Waals surface area contributed by atoms with Gasteiger partial charge in [0.2, 0.25) is 0 Å². The number of nitrogens with one attached hydrogen (secondary N) is 1. The highest BCUT2D eigenvalue weighted by Crippen LogP contribution is 2.25. The van der Waals surface area contributed by atoms with Crippen LogP contribution in [0.1, 0.15) is 40.4 Å². The van der Waals surface area contributed by atoms with Crippen molar-refractivity contribution in [3.63, 3.8) is 0 Å². The van der Waals surface area contributed by atoms with Crippen molar-refractivity contribution in [2.45, 2.75) is 39.2 Å². The molecule has 0 fully saturated rings. The van der Waals surface area contributed by atoms with E-state index in [0.29, 0.717) is 11.3 Å². The normalized spacial score (nSPS) is 13.7. The molecule has 0 spiro atoms.